The Morgan fingerprint density at radius 3 is 1.83 bits per heavy atom. The quantitative estimate of drug-likeness (QED) is 0.654. The maximum atomic E-state index is 10.9. The molecule has 3 nitrogen and oxygen atoms in total. The average Bonchev–Trinajstić information content (AvgIpc) is 1.84. The summed E-state index contributed by atoms with van der Waals surface area (Å²) >= 11 is 0. The first-order chi connectivity index (χ1) is 5.49. The van der Waals surface area contributed by atoms with Gasteiger partial charge in [-0.15, -0.1) is 0 Å². The van der Waals surface area contributed by atoms with Crippen LogP contribution in [0.25, 0.3) is 0 Å². The van der Waals surface area contributed by atoms with Gasteiger partial charge in [-0.3, -0.25) is 0 Å². The van der Waals surface area contributed by atoms with E-state index in [1.54, 1.807) is 0 Å². The van der Waals surface area contributed by atoms with Crippen LogP contribution in [0.2, 0.25) is 0 Å². The van der Waals surface area contributed by atoms with Crippen LogP contribution in [0, 0.1) is 0 Å². The summed E-state index contributed by atoms with van der Waals surface area (Å²) in [6.45, 7) is 4.14. The zero-order chi connectivity index (χ0) is 9.61. The Morgan fingerprint density at radius 1 is 1.17 bits per heavy atom. The molecule has 12 heavy (non-hydrogen) atoms. The summed E-state index contributed by atoms with van der Waals surface area (Å²) in [4.78, 5) is 0. The predicted octanol–water partition coefficient (Wildman–Crippen LogP) is 2.16. The van der Waals surface area contributed by atoms with E-state index in [2.05, 4.69) is 18.0 Å². The van der Waals surface area contributed by atoms with Crippen LogP contribution < -0.4 is 0 Å². The van der Waals surface area contributed by atoms with Gasteiger partial charge in [-0.25, -0.2) is 8.42 Å². The summed E-state index contributed by atoms with van der Waals surface area (Å²) in [5, 5.41) is 0. The van der Waals surface area contributed by atoms with Gasteiger partial charge >= 0.3 is 0 Å². The van der Waals surface area contributed by atoms with Crippen molar-refractivity contribution in [3.05, 3.63) is 0 Å². The highest BCUT2D eigenvalue weighted by molar-refractivity contribution is 7.92. The first-order valence-corrected chi connectivity index (χ1v) is 7.98. The van der Waals surface area contributed by atoms with Crippen molar-refractivity contribution in [1.29, 1.82) is 0 Å². The van der Waals surface area contributed by atoms with E-state index in [1.165, 1.54) is 6.26 Å². The van der Waals surface area contributed by atoms with E-state index in [0.717, 1.165) is 25.2 Å². The Balaban J connectivity index is 4.38. The van der Waals surface area contributed by atoms with Crippen molar-refractivity contribution in [2.45, 2.75) is 26.7 Å². The molecule has 5 heteroatoms. The number of hydrogen-bond donors (Lipinski definition) is 0. The van der Waals surface area contributed by atoms with E-state index in [0.29, 0.717) is 0 Å². The molecule has 0 unspecified atom stereocenters. The minimum Gasteiger partial charge on any atom is -0.205 e. The highest BCUT2D eigenvalue weighted by Crippen LogP contribution is 2.28. The summed E-state index contributed by atoms with van der Waals surface area (Å²) < 4.78 is 25.6. The van der Waals surface area contributed by atoms with Crippen molar-refractivity contribution in [1.82, 2.24) is 0 Å². The van der Waals surface area contributed by atoms with Crippen LogP contribution in [0.4, 0.5) is 0 Å². The lowest BCUT2D eigenvalue weighted by Gasteiger charge is -2.02. The van der Waals surface area contributed by atoms with E-state index >= 15 is 0 Å². The fourth-order valence-electron chi connectivity index (χ4n) is 1.03. The molecule has 0 N–H and O–H groups in total. The Morgan fingerprint density at radius 2 is 1.58 bits per heavy atom. The number of rotatable bonds is 5. The first-order valence-electron chi connectivity index (χ1n) is 4.27. The second kappa shape index (κ2) is 5.76. The molecule has 0 aromatic rings. The summed E-state index contributed by atoms with van der Waals surface area (Å²) in [6.07, 6.45) is 5.21. The Hall–Kier alpha value is 0.180. The highest BCUT2D eigenvalue weighted by Gasteiger charge is 2.00. The van der Waals surface area contributed by atoms with Crippen LogP contribution in [-0.2, 0) is 10.0 Å². The molecule has 0 fully saturated rings. The molecule has 0 heterocycles. The molecule has 0 amide bonds. The van der Waals surface area contributed by atoms with Crippen molar-refractivity contribution >= 4 is 17.7 Å². The van der Waals surface area contributed by atoms with Gasteiger partial charge < -0.3 is 0 Å². The minimum atomic E-state index is -3.10. The molecule has 0 aromatic heterocycles. The molecule has 0 radical (unpaired) electrons. The van der Waals surface area contributed by atoms with E-state index in [-0.39, 0.29) is 0 Å². The van der Waals surface area contributed by atoms with Gasteiger partial charge in [-0.2, -0.15) is 4.15 Å². The van der Waals surface area contributed by atoms with Gasteiger partial charge in [0.05, 0.1) is 6.26 Å². The van der Waals surface area contributed by atoms with Crippen LogP contribution in [0.15, 0.2) is 4.15 Å². The molecular weight excluding hydrogens is 193 g/mol. The molecule has 0 bridgehead atoms. The topological polar surface area (TPSA) is 46.5 Å². The third-order valence-corrected chi connectivity index (χ3v) is 5.89. The van der Waals surface area contributed by atoms with E-state index in [1.807, 2.05) is 0 Å². The standard InChI is InChI=1S/C7H18NO2PS/c1-4-6-11(7-5-2)8-12(3,9)10/h11H,4-7H2,1-3H3. The van der Waals surface area contributed by atoms with Crippen molar-refractivity contribution in [2.24, 2.45) is 4.15 Å². The van der Waals surface area contributed by atoms with Gasteiger partial charge in [0, 0.05) is 0 Å². The zero-order valence-electron chi connectivity index (χ0n) is 8.00. The number of hydrogen-bond acceptors (Lipinski definition) is 2. The molecule has 0 spiro atoms. The molecule has 0 saturated carbocycles. The van der Waals surface area contributed by atoms with Crippen molar-refractivity contribution < 1.29 is 8.42 Å². The molecule has 0 aliphatic rings. The van der Waals surface area contributed by atoms with Crippen LogP contribution in [0.1, 0.15) is 26.7 Å². The Bertz CT molecular complexity index is 238. The largest absolute Gasteiger partial charge is 0.248 e. The lowest BCUT2D eigenvalue weighted by molar-refractivity contribution is 0.604. The second-order valence-electron chi connectivity index (χ2n) is 2.89. The Labute approximate surface area is 76.1 Å². The average molecular weight is 211 g/mol. The van der Waals surface area contributed by atoms with Crippen molar-refractivity contribution in [3.63, 3.8) is 0 Å². The van der Waals surface area contributed by atoms with Gasteiger partial charge in [-0.05, 0) is 20.0 Å². The lowest BCUT2D eigenvalue weighted by Crippen LogP contribution is -1.90. The first kappa shape index (κ1) is 12.2. The SMILES string of the molecule is CCC[PH](CCC)=NS(C)(=O)=O. The second-order valence-corrected chi connectivity index (χ2v) is 7.22. The maximum Gasteiger partial charge on any atom is 0.248 e. The molecule has 0 aliphatic heterocycles. The number of sulfonamides is 1. The maximum absolute atomic E-state index is 10.9. The molecule has 0 aliphatic carbocycles. The van der Waals surface area contributed by atoms with Crippen LogP contribution in [-0.4, -0.2) is 27.0 Å². The van der Waals surface area contributed by atoms with Gasteiger partial charge in [0.15, 0.2) is 0 Å². The summed E-state index contributed by atoms with van der Waals surface area (Å²) in [6, 6.07) is 0. The minimum absolute atomic E-state index is 0.967. The molecule has 0 rings (SSSR count). The van der Waals surface area contributed by atoms with E-state index in [9.17, 15) is 8.42 Å². The third-order valence-electron chi connectivity index (χ3n) is 1.37. The fraction of sp³-hybridized carbons (Fsp3) is 1.00. The van der Waals surface area contributed by atoms with Crippen LogP contribution in [0.5, 0.6) is 0 Å². The summed E-state index contributed by atoms with van der Waals surface area (Å²) in [7, 11) is -4.06. The summed E-state index contributed by atoms with van der Waals surface area (Å²) in [5.74, 6) is 0. The van der Waals surface area contributed by atoms with Gasteiger partial charge in [-0.1, -0.05) is 26.7 Å². The van der Waals surface area contributed by atoms with Gasteiger partial charge in [0.25, 0.3) is 0 Å². The molecule has 0 aromatic carbocycles. The fourth-order valence-corrected chi connectivity index (χ4v) is 5.04. The van der Waals surface area contributed by atoms with E-state index in [4.69, 9.17) is 0 Å². The van der Waals surface area contributed by atoms with E-state index < -0.39 is 17.7 Å². The molecule has 0 saturated heterocycles. The van der Waals surface area contributed by atoms with Gasteiger partial charge in [0.2, 0.25) is 10.0 Å². The molecule has 0 atom stereocenters. The van der Waals surface area contributed by atoms with Crippen LogP contribution in [0.3, 0.4) is 0 Å². The normalized spacial score (nSPS) is 12.0. The zero-order valence-corrected chi connectivity index (χ0v) is 9.82. The Kier molecular flexibility index (Phi) is 5.85. The lowest BCUT2D eigenvalue weighted by atomic mass is 10.6. The summed E-state index contributed by atoms with van der Waals surface area (Å²) in [5.41, 5.74) is 0. The highest BCUT2D eigenvalue weighted by atomic mass is 32.2. The number of nitrogens with zero attached hydrogens (tertiary/aromatic N) is 1. The van der Waals surface area contributed by atoms with Crippen LogP contribution >= 0.6 is 7.71 Å². The predicted molar refractivity (Wildman–Crippen MR) is 55.9 cm³/mol. The molecule has 74 valence electrons. The van der Waals surface area contributed by atoms with Crippen molar-refractivity contribution in [3.8, 4) is 0 Å². The third kappa shape index (κ3) is 6.86. The monoisotopic (exact) mass is 211 g/mol. The van der Waals surface area contributed by atoms with Gasteiger partial charge in [0.1, 0.15) is 0 Å². The van der Waals surface area contributed by atoms with Crippen molar-refractivity contribution in [2.75, 3.05) is 18.6 Å². The smallest absolute Gasteiger partial charge is 0.205 e. The molecular formula is C7H18NO2PS.